The van der Waals surface area contributed by atoms with Crippen molar-refractivity contribution in [2.75, 3.05) is 12.4 Å². The molecular weight excluding hydrogens is 300 g/mol. The number of aromatic nitrogens is 1. The van der Waals surface area contributed by atoms with Gasteiger partial charge in [0.15, 0.2) is 0 Å². The number of carbonyl (C=O) groups is 3. The molecule has 1 N–H and O–H groups in total. The van der Waals surface area contributed by atoms with Crippen LogP contribution in [0.1, 0.15) is 36.8 Å². The molecule has 0 unspecified atom stereocenters. The summed E-state index contributed by atoms with van der Waals surface area (Å²) in [6, 6.07) is 5.04. The quantitative estimate of drug-likeness (QED) is 0.861. The lowest BCUT2D eigenvalue weighted by Crippen LogP contribution is -2.36. The maximum absolute atomic E-state index is 12.4. The van der Waals surface area contributed by atoms with E-state index in [4.69, 9.17) is 9.47 Å². The van der Waals surface area contributed by atoms with E-state index in [1.807, 2.05) is 0 Å². The summed E-state index contributed by atoms with van der Waals surface area (Å²) in [5.74, 6) is -0.871. The molecule has 2 heterocycles. The Kier molecular flexibility index (Phi) is 3.17. The van der Waals surface area contributed by atoms with E-state index < -0.39 is 17.7 Å². The molecule has 23 heavy (non-hydrogen) atoms. The van der Waals surface area contributed by atoms with Crippen molar-refractivity contribution in [3.8, 4) is 0 Å². The molecule has 0 atom stereocenters. The summed E-state index contributed by atoms with van der Waals surface area (Å²) in [4.78, 5) is 35.8. The lowest BCUT2D eigenvalue weighted by Gasteiger charge is -2.33. The molecular formula is C16H16N2O5. The molecule has 7 heteroatoms. The molecule has 1 aliphatic heterocycles. The van der Waals surface area contributed by atoms with Gasteiger partial charge in [-0.3, -0.25) is 4.79 Å². The van der Waals surface area contributed by atoms with Gasteiger partial charge in [-0.2, -0.15) is 0 Å². The standard InChI is InChI=1S/C16H16N2O5/c1-8(19)17-10-6-5-9-7-11(14(20)22-4)18-13(9)12(10)16(2,3)23-15(18)21/h5-7H,1-4H3,(H,17,19). The highest BCUT2D eigenvalue weighted by Gasteiger charge is 2.39. The van der Waals surface area contributed by atoms with Crippen molar-refractivity contribution < 1.29 is 23.9 Å². The highest BCUT2D eigenvalue weighted by Crippen LogP contribution is 2.42. The smallest absolute Gasteiger partial charge is 0.420 e. The Morgan fingerprint density at radius 2 is 2.00 bits per heavy atom. The summed E-state index contributed by atoms with van der Waals surface area (Å²) in [6.07, 6.45) is -0.655. The highest BCUT2D eigenvalue weighted by molar-refractivity contribution is 6.06. The van der Waals surface area contributed by atoms with Gasteiger partial charge in [0.25, 0.3) is 0 Å². The fraction of sp³-hybridized carbons (Fsp3) is 0.312. The summed E-state index contributed by atoms with van der Waals surface area (Å²) in [5.41, 5.74) is 0.858. The number of hydrogen-bond donors (Lipinski definition) is 1. The van der Waals surface area contributed by atoms with Gasteiger partial charge < -0.3 is 14.8 Å². The summed E-state index contributed by atoms with van der Waals surface area (Å²) >= 11 is 0. The lowest BCUT2D eigenvalue weighted by atomic mass is 9.92. The molecule has 0 bridgehead atoms. The minimum atomic E-state index is -0.948. The normalized spacial score (nSPS) is 15.2. The van der Waals surface area contributed by atoms with Gasteiger partial charge >= 0.3 is 12.1 Å². The van der Waals surface area contributed by atoms with Crippen LogP contribution in [0.4, 0.5) is 10.5 Å². The van der Waals surface area contributed by atoms with Gasteiger partial charge in [0.1, 0.15) is 11.3 Å². The minimum absolute atomic E-state index is 0.0872. The van der Waals surface area contributed by atoms with Crippen molar-refractivity contribution in [2.45, 2.75) is 26.4 Å². The van der Waals surface area contributed by atoms with Crippen molar-refractivity contribution in [1.82, 2.24) is 4.57 Å². The van der Waals surface area contributed by atoms with Crippen molar-refractivity contribution in [3.63, 3.8) is 0 Å². The number of amides is 1. The molecule has 1 aromatic carbocycles. The second-order valence-corrected chi connectivity index (χ2v) is 5.84. The largest absolute Gasteiger partial charge is 0.464 e. The molecule has 0 radical (unpaired) electrons. The van der Waals surface area contributed by atoms with Gasteiger partial charge in [0.2, 0.25) is 5.91 Å². The van der Waals surface area contributed by atoms with Gasteiger partial charge in [0, 0.05) is 17.9 Å². The average Bonchev–Trinajstić information content (AvgIpc) is 2.83. The van der Waals surface area contributed by atoms with Crippen LogP contribution in [0.2, 0.25) is 0 Å². The Morgan fingerprint density at radius 3 is 2.61 bits per heavy atom. The number of rotatable bonds is 2. The number of benzene rings is 1. The van der Waals surface area contributed by atoms with Crippen LogP contribution in [0, 0.1) is 0 Å². The third-order valence-corrected chi connectivity index (χ3v) is 3.80. The number of esters is 1. The van der Waals surface area contributed by atoms with Gasteiger partial charge in [-0.25, -0.2) is 14.2 Å². The number of anilines is 1. The van der Waals surface area contributed by atoms with E-state index >= 15 is 0 Å². The Bertz CT molecular complexity index is 863. The number of methoxy groups -OCH3 is 1. The van der Waals surface area contributed by atoms with Crippen LogP contribution < -0.4 is 5.32 Å². The van der Waals surface area contributed by atoms with Gasteiger partial charge in [-0.1, -0.05) is 6.07 Å². The zero-order valence-corrected chi connectivity index (χ0v) is 13.2. The van der Waals surface area contributed by atoms with Crippen molar-refractivity contribution >= 4 is 34.6 Å². The Morgan fingerprint density at radius 1 is 1.30 bits per heavy atom. The van der Waals surface area contributed by atoms with E-state index in [1.165, 1.54) is 18.6 Å². The third kappa shape index (κ3) is 2.16. The van der Waals surface area contributed by atoms with Crippen LogP contribution >= 0.6 is 0 Å². The molecule has 0 saturated heterocycles. The first-order chi connectivity index (χ1) is 10.8. The van der Waals surface area contributed by atoms with Crippen molar-refractivity contribution in [1.29, 1.82) is 0 Å². The van der Waals surface area contributed by atoms with Crippen LogP contribution in [0.15, 0.2) is 18.2 Å². The third-order valence-electron chi connectivity index (χ3n) is 3.80. The molecule has 2 aromatic rings. The molecule has 3 rings (SSSR count). The van der Waals surface area contributed by atoms with E-state index in [0.29, 0.717) is 22.2 Å². The van der Waals surface area contributed by atoms with E-state index in [1.54, 1.807) is 32.0 Å². The monoisotopic (exact) mass is 316 g/mol. The molecule has 1 aromatic heterocycles. The Labute approximate surface area is 132 Å². The SMILES string of the molecule is COC(=O)c1cc2ccc(NC(C)=O)c3c2n1C(=O)OC3(C)C. The first kappa shape index (κ1) is 15.1. The molecule has 0 saturated carbocycles. The number of cyclic esters (lactones) is 1. The first-order valence-electron chi connectivity index (χ1n) is 7.04. The highest BCUT2D eigenvalue weighted by atomic mass is 16.6. The molecule has 0 spiro atoms. The first-order valence-corrected chi connectivity index (χ1v) is 7.04. The summed E-state index contributed by atoms with van der Waals surface area (Å²) in [6.45, 7) is 4.87. The second kappa shape index (κ2) is 4.84. The molecule has 120 valence electrons. The zero-order chi connectivity index (χ0) is 16.9. The van der Waals surface area contributed by atoms with E-state index in [-0.39, 0.29) is 11.6 Å². The number of nitrogens with zero attached hydrogens (tertiary/aromatic N) is 1. The van der Waals surface area contributed by atoms with E-state index in [0.717, 1.165) is 0 Å². The molecule has 0 fully saturated rings. The number of nitrogens with one attached hydrogen (secondary N) is 1. The minimum Gasteiger partial charge on any atom is -0.464 e. The maximum Gasteiger partial charge on any atom is 0.420 e. The van der Waals surface area contributed by atoms with Crippen molar-refractivity contribution in [3.05, 3.63) is 29.5 Å². The van der Waals surface area contributed by atoms with Crippen LogP contribution in [0.3, 0.4) is 0 Å². The van der Waals surface area contributed by atoms with Crippen LogP contribution in [-0.4, -0.2) is 29.6 Å². The van der Waals surface area contributed by atoms with E-state index in [2.05, 4.69) is 5.32 Å². The number of carbonyl (C=O) groups excluding carboxylic acids is 3. The second-order valence-electron chi connectivity index (χ2n) is 5.84. The Hall–Kier alpha value is -2.83. The average molecular weight is 316 g/mol. The number of ether oxygens (including phenoxy) is 2. The number of hydrogen-bond acceptors (Lipinski definition) is 5. The zero-order valence-electron chi connectivity index (χ0n) is 13.2. The predicted molar refractivity (Wildman–Crippen MR) is 82.5 cm³/mol. The van der Waals surface area contributed by atoms with Gasteiger partial charge in [0.05, 0.1) is 18.3 Å². The van der Waals surface area contributed by atoms with Gasteiger partial charge in [-0.05, 0) is 26.0 Å². The molecule has 1 amide bonds. The van der Waals surface area contributed by atoms with Crippen LogP contribution in [-0.2, 0) is 19.9 Å². The van der Waals surface area contributed by atoms with E-state index in [9.17, 15) is 14.4 Å². The van der Waals surface area contributed by atoms with Crippen LogP contribution in [0.25, 0.3) is 10.9 Å². The van der Waals surface area contributed by atoms with Crippen molar-refractivity contribution in [2.24, 2.45) is 0 Å². The molecule has 1 aliphatic rings. The van der Waals surface area contributed by atoms with Gasteiger partial charge in [-0.15, -0.1) is 0 Å². The summed E-state index contributed by atoms with van der Waals surface area (Å²) in [7, 11) is 1.25. The predicted octanol–water partition coefficient (Wildman–Crippen LogP) is 2.62. The summed E-state index contributed by atoms with van der Waals surface area (Å²) < 4.78 is 11.4. The molecule has 0 aliphatic carbocycles. The fourth-order valence-electron chi connectivity index (χ4n) is 2.96. The fourth-order valence-corrected chi connectivity index (χ4v) is 2.96. The lowest BCUT2D eigenvalue weighted by molar-refractivity contribution is -0.114. The maximum atomic E-state index is 12.4. The summed E-state index contributed by atoms with van der Waals surface area (Å²) in [5, 5.41) is 3.43. The van der Waals surface area contributed by atoms with Crippen LogP contribution in [0.5, 0.6) is 0 Å². The molecule has 7 nitrogen and oxygen atoms in total. The topological polar surface area (TPSA) is 86.6 Å². The Balaban J connectivity index is 2.41.